The van der Waals surface area contributed by atoms with Gasteiger partial charge in [0.1, 0.15) is 5.54 Å². The van der Waals surface area contributed by atoms with Crippen molar-refractivity contribution < 1.29 is 9.90 Å². The molecule has 3 nitrogen and oxygen atoms in total. The fraction of sp³-hybridized carbons (Fsp3) is 0.462. The first-order valence-corrected chi connectivity index (χ1v) is 6.34. The second kappa shape index (κ2) is 5.47. The van der Waals surface area contributed by atoms with Crippen LogP contribution < -0.4 is 0 Å². The van der Waals surface area contributed by atoms with E-state index in [1.54, 1.807) is 37.9 Å². The second-order valence-electron chi connectivity index (χ2n) is 4.82. The molecule has 1 unspecified atom stereocenters. The van der Waals surface area contributed by atoms with Gasteiger partial charge in [-0.1, -0.05) is 29.3 Å². The van der Waals surface area contributed by atoms with Crippen LogP contribution in [0.15, 0.2) is 18.2 Å². The van der Waals surface area contributed by atoms with Crippen molar-refractivity contribution in [3.05, 3.63) is 33.8 Å². The van der Waals surface area contributed by atoms with E-state index in [0.29, 0.717) is 10.0 Å². The third kappa shape index (κ3) is 2.97. The minimum Gasteiger partial charge on any atom is -0.480 e. The van der Waals surface area contributed by atoms with Gasteiger partial charge in [0.15, 0.2) is 0 Å². The molecule has 0 bridgehead atoms. The van der Waals surface area contributed by atoms with Crippen LogP contribution in [-0.4, -0.2) is 28.6 Å². The monoisotopic (exact) mass is 289 g/mol. The van der Waals surface area contributed by atoms with E-state index in [4.69, 9.17) is 23.2 Å². The number of aliphatic carboxylic acids is 1. The molecule has 0 saturated heterocycles. The largest absolute Gasteiger partial charge is 0.480 e. The summed E-state index contributed by atoms with van der Waals surface area (Å²) in [5.41, 5.74) is -0.111. The van der Waals surface area contributed by atoms with Gasteiger partial charge in [0.2, 0.25) is 0 Å². The van der Waals surface area contributed by atoms with E-state index in [-0.39, 0.29) is 6.04 Å². The summed E-state index contributed by atoms with van der Waals surface area (Å²) in [6.07, 6.45) is 0. The zero-order valence-electron chi connectivity index (χ0n) is 10.9. The maximum Gasteiger partial charge on any atom is 0.323 e. The van der Waals surface area contributed by atoms with E-state index >= 15 is 0 Å². The third-order valence-corrected chi connectivity index (χ3v) is 3.96. The summed E-state index contributed by atoms with van der Waals surface area (Å²) in [6.45, 7) is 5.24. The maximum atomic E-state index is 11.2. The number of carboxylic acids is 1. The molecular weight excluding hydrogens is 273 g/mol. The molecular formula is C13H17Cl2NO2. The Balaban J connectivity index is 3.07. The lowest BCUT2D eigenvalue weighted by atomic mass is 9.98. The van der Waals surface area contributed by atoms with Gasteiger partial charge in [-0.2, -0.15) is 0 Å². The van der Waals surface area contributed by atoms with Gasteiger partial charge in [-0.15, -0.1) is 0 Å². The molecule has 0 amide bonds. The Kier molecular flexibility index (Phi) is 4.65. The molecule has 0 saturated carbocycles. The minimum atomic E-state index is -0.970. The average molecular weight is 290 g/mol. The van der Waals surface area contributed by atoms with E-state index in [9.17, 15) is 9.90 Å². The molecule has 0 spiro atoms. The van der Waals surface area contributed by atoms with Crippen LogP contribution in [0.2, 0.25) is 10.0 Å². The molecule has 1 aromatic carbocycles. The van der Waals surface area contributed by atoms with Crippen LogP contribution in [-0.2, 0) is 4.79 Å². The normalized spacial score (nSPS) is 13.7. The third-order valence-electron chi connectivity index (χ3n) is 3.40. The Labute approximate surface area is 117 Å². The van der Waals surface area contributed by atoms with Crippen LogP contribution in [0.3, 0.4) is 0 Å². The van der Waals surface area contributed by atoms with Crippen LogP contribution >= 0.6 is 23.2 Å². The number of benzene rings is 1. The zero-order chi connectivity index (χ0) is 14.1. The molecule has 1 aromatic rings. The highest BCUT2D eigenvalue weighted by Gasteiger charge is 2.35. The van der Waals surface area contributed by atoms with E-state index in [2.05, 4.69) is 0 Å². The van der Waals surface area contributed by atoms with Gasteiger partial charge in [-0.05, 0) is 45.5 Å². The predicted molar refractivity (Wildman–Crippen MR) is 74.4 cm³/mol. The van der Waals surface area contributed by atoms with Gasteiger partial charge in [0, 0.05) is 16.1 Å². The summed E-state index contributed by atoms with van der Waals surface area (Å²) in [4.78, 5) is 13.0. The number of nitrogens with zero attached hydrogens (tertiary/aromatic N) is 1. The van der Waals surface area contributed by atoms with Gasteiger partial charge >= 0.3 is 5.97 Å². The Morgan fingerprint density at radius 1 is 1.39 bits per heavy atom. The molecule has 0 aliphatic heterocycles. The van der Waals surface area contributed by atoms with Crippen molar-refractivity contribution in [3.8, 4) is 0 Å². The number of carboxylic acid groups (broad SMARTS) is 1. The summed E-state index contributed by atoms with van der Waals surface area (Å²) in [5.74, 6) is -0.873. The van der Waals surface area contributed by atoms with Crippen molar-refractivity contribution >= 4 is 29.2 Å². The molecule has 0 aromatic heterocycles. The van der Waals surface area contributed by atoms with Gasteiger partial charge in [0.05, 0.1) is 0 Å². The number of rotatable bonds is 4. The molecule has 0 heterocycles. The molecule has 5 heteroatoms. The Morgan fingerprint density at radius 3 is 2.39 bits per heavy atom. The van der Waals surface area contributed by atoms with E-state index in [0.717, 1.165) is 5.56 Å². The predicted octanol–water partition coefficient (Wildman–Crippen LogP) is 3.85. The van der Waals surface area contributed by atoms with Crippen molar-refractivity contribution in [2.24, 2.45) is 0 Å². The Bertz CT molecular complexity index is 460. The van der Waals surface area contributed by atoms with E-state index in [1.807, 2.05) is 13.0 Å². The number of hydrogen-bond donors (Lipinski definition) is 1. The highest BCUT2D eigenvalue weighted by molar-refractivity contribution is 6.35. The Hall–Kier alpha value is -0.770. The number of carbonyl (C=O) groups is 1. The zero-order valence-corrected chi connectivity index (χ0v) is 12.4. The minimum absolute atomic E-state index is 0.124. The van der Waals surface area contributed by atoms with E-state index in [1.165, 1.54) is 0 Å². The number of halogens is 2. The molecule has 18 heavy (non-hydrogen) atoms. The Morgan fingerprint density at radius 2 is 1.94 bits per heavy atom. The average Bonchev–Trinajstić information content (AvgIpc) is 2.26. The molecule has 1 N–H and O–H groups in total. The lowest BCUT2D eigenvalue weighted by Crippen LogP contribution is -2.48. The van der Waals surface area contributed by atoms with E-state index < -0.39 is 11.5 Å². The lowest BCUT2D eigenvalue weighted by molar-refractivity contribution is -0.149. The molecule has 0 aliphatic rings. The van der Waals surface area contributed by atoms with Crippen molar-refractivity contribution in [2.45, 2.75) is 32.4 Å². The van der Waals surface area contributed by atoms with Gasteiger partial charge in [-0.25, -0.2) is 0 Å². The topological polar surface area (TPSA) is 40.5 Å². The van der Waals surface area contributed by atoms with Crippen LogP contribution in [0, 0.1) is 0 Å². The smallest absolute Gasteiger partial charge is 0.323 e. The summed E-state index contributed by atoms with van der Waals surface area (Å²) >= 11 is 12.0. The quantitative estimate of drug-likeness (QED) is 0.915. The van der Waals surface area contributed by atoms with Crippen molar-refractivity contribution in [1.82, 2.24) is 4.90 Å². The molecule has 0 fully saturated rings. The first kappa shape index (κ1) is 15.3. The lowest BCUT2D eigenvalue weighted by Gasteiger charge is -2.36. The maximum absolute atomic E-state index is 11.2. The molecule has 0 aliphatic carbocycles. The second-order valence-corrected chi connectivity index (χ2v) is 5.66. The summed E-state index contributed by atoms with van der Waals surface area (Å²) in [5, 5.41) is 10.3. The van der Waals surface area contributed by atoms with Gasteiger partial charge < -0.3 is 5.11 Å². The summed E-state index contributed by atoms with van der Waals surface area (Å²) in [6, 6.07) is 5.11. The molecule has 100 valence electrons. The highest BCUT2D eigenvalue weighted by atomic mass is 35.5. The summed E-state index contributed by atoms with van der Waals surface area (Å²) < 4.78 is 0. The fourth-order valence-electron chi connectivity index (χ4n) is 1.68. The van der Waals surface area contributed by atoms with Gasteiger partial charge in [-0.3, -0.25) is 9.69 Å². The fourth-order valence-corrected chi connectivity index (χ4v) is 2.25. The van der Waals surface area contributed by atoms with Crippen LogP contribution in [0.1, 0.15) is 32.4 Å². The number of hydrogen-bond acceptors (Lipinski definition) is 2. The van der Waals surface area contributed by atoms with Gasteiger partial charge in [0.25, 0.3) is 0 Å². The van der Waals surface area contributed by atoms with Crippen molar-refractivity contribution in [3.63, 3.8) is 0 Å². The summed E-state index contributed by atoms with van der Waals surface area (Å²) in [7, 11) is 1.77. The molecule has 0 radical (unpaired) electrons. The standard InChI is InChI=1S/C13H17Cl2NO2/c1-8(16(4)13(2,3)12(17)18)10-6-5-9(14)7-11(10)15/h5-8H,1-4H3,(H,17,18). The van der Waals surface area contributed by atoms with Crippen LogP contribution in [0.5, 0.6) is 0 Å². The van der Waals surface area contributed by atoms with Crippen LogP contribution in [0.4, 0.5) is 0 Å². The van der Waals surface area contributed by atoms with Crippen molar-refractivity contribution in [1.29, 1.82) is 0 Å². The van der Waals surface area contributed by atoms with Crippen LogP contribution in [0.25, 0.3) is 0 Å². The first-order chi connectivity index (χ1) is 8.17. The van der Waals surface area contributed by atoms with Crippen molar-refractivity contribution in [2.75, 3.05) is 7.05 Å². The first-order valence-electron chi connectivity index (χ1n) is 5.59. The highest BCUT2D eigenvalue weighted by Crippen LogP contribution is 2.32. The number of likely N-dealkylation sites (N-methyl/N-ethyl adjacent to an activating group) is 1. The molecule has 1 atom stereocenters. The SMILES string of the molecule is CC(c1ccc(Cl)cc1Cl)N(C)C(C)(C)C(=O)O. The molecule has 1 rings (SSSR count).